The maximum Gasteiger partial charge on any atom is 0.309 e. The second kappa shape index (κ2) is 9.52. The van der Waals surface area contributed by atoms with Crippen LogP contribution >= 0.6 is 0 Å². The van der Waals surface area contributed by atoms with Crippen LogP contribution in [0, 0.1) is 5.82 Å². The molecule has 2 amide bonds. The molecule has 0 spiro atoms. The summed E-state index contributed by atoms with van der Waals surface area (Å²) in [5, 5.41) is 5.32. The summed E-state index contributed by atoms with van der Waals surface area (Å²) >= 11 is 0. The Bertz CT molecular complexity index is 848. The third kappa shape index (κ3) is 5.12. The summed E-state index contributed by atoms with van der Waals surface area (Å²) in [5.41, 5.74) is 1.35. The van der Waals surface area contributed by atoms with Gasteiger partial charge in [-0.1, -0.05) is 30.3 Å². The highest BCUT2D eigenvalue weighted by atomic mass is 19.1. The Morgan fingerprint density at radius 1 is 1.03 bits per heavy atom. The maximum atomic E-state index is 13.0. The van der Waals surface area contributed by atoms with Crippen LogP contribution in [0.4, 0.5) is 4.39 Å². The summed E-state index contributed by atoms with van der Waals surface area (Å²) in [6.45, 7) is 1.60. The molecule has 1 fully saturated rings. The number of hydrogen-bond acceptors (Lipinski definition) is 4. The Hall–Kier alpha value is -2.93. The fourth-order valence-corrected chi connectivity index (χ4v) is 3.58. The van der Waals surface area contributed by atoms with Gasteiger partial charge in [-0.25, -0.2) is 4.39 Å². The largest absolute Gasteiger partial charge is 0.496 e. The summed E-state index contributed by atoms with van der Waals surface area (Å²) < 4.78 is 24.0. The van der Waals surface area contributed by atoms with Crippen LogP contribution in [-0.2, 0) is 26.3 Å². The molecule has 0 bridgehead atoms. The first-order valence-corrected chi connectivity index (χ1v) is 9.56. The molecule has 0 aliphatic carbocycles. The number of carbonyl (C=O) groups excluding carboxylic acids is 2. The highest BCUT2D eigenvalue weighted by Crippen LogP contribution is 2.39. The lowest BCUT2D eigenvalue weighted by atomic mass is 9.73. The average Bonchev–Trinajstić information content (AvgIpc) is 2.77. The number of para-hydroxylation sites is 1. The van der Waals surface area contributed by atoms with Crippen molar-refractivity contribution in [2.24, 2.45) is 0 Å². The highest BCUT2D eigenvalue weighted by Gasteiger charge is 2.37. The Morgan fingerprint density at radius 2 is 1.69 bits per heavy atom. The van der Waals surface area contributed by atoms with Crippen molar-refractivity contribution >= 4 is 11.8 Å². The van der Waals surface area contributed by atoms with E-state index in [9.17, 15) is 14.0 Å². The standard InChI is InChI=1S/C22H25FN2O4/c1-28-19-5-3-2-4-18(19)22(10-12-29-13-11-22)15-25-21(27)20(26)24-14-16-6-8-17(23)9-7-16/h2-9H,10-15H2,1H3,(H,24,26)(H,25,27). The van der Waals surface area contributed by atoms with Crippen molar-refractivity contribution in [1.29, 1.82) is 0 Å². The lowest BCUT2D eigenvalue weighted by Crippen LogP contribution is -2.48. The van der Waals surface area contributed by atoms with Gasteiger partial charge >= 0.3 is 11.8 Å². The van der Waals surface area contributed by atoms with E-state index >= 15 is 0 Å². The molecule has 0 unspecified atom stereocenters. The quantitative estimate of drug-likeness (QED) is 0.730. The van der Waals surface area contributed by atoms with E-state index in [0.29, 0.717) is 38.2 Å². The van der Waals surface area contributed by atoms with Crippen LogP contribution in [0.3, 0.4) is 0 Å². The number of halogens is 1. The SMILES string of the molecule is COc1ccccc1C1(CNC(=O)C(=O)NCc2ccc(F)cc2)CCOCC1. The molecule has 2 aromatic carbocycles. The summed E-state index contributed by atoms with van der Waals surface area (Å²) in [6, 6.07) is 13.5. The molecule has 0 saturated carbocycles. The van der Waals surface area contributed by atoms with Crippen molar-refractivity contribution in [3.63, 3.8) is 0 Å². The molecular weight excluding hydrogens is 375 g/mol. The van der Waals surface area contributed by atoms with Crippen LogP contribution in [0.25, 0.3) is 0 Å². The number of amides is 2. The minimum Gasteiger partial charge on any atom is -0.496 e. The van der Waals surface area contributed by atoms with Crippen molar-refractivity contribution in [3.05, 3.63) is 65.5 Å². The first kappa shape index (κ1) is 20.8. The van der Waals surface area contributed by atoms with Gasteiger partial charge in [0.2, 0.25) is 0 Å². The first-order valence-electron chi connectivity index (χ1n) is 9.56. The molecule has 1 aliphatic rings. The molecule has 0 radical (unpaired) electrons. The summed E-state index contributed by atoms with van der Waals surface area (Å²) in [7, 11) is 1.62. The molecule has 0 atom stereocenters. The Morgan fingerprint density at radius 3 is 2.38 bits per heavy atom. The lowest BCUT2D eigenvalue weighted by molar-refractivity contribution is -0.139. The van der Waals surface area contributed by atoms with E-state index in [-0.39, 0.29) is 17.8 Å². The molecule has 154 valence electrons. The molecule has 7 heteroatoms. The number of benzene rings is 2. The fraction of sp³-hybridized carbons (Fsp3) is 0.364. The number of rotatable bonds is 6. The zero-order valence-electron chi connectivity index (χ0n) is 16.4. The van der Waals surface area contributed by atoms with Crippen molar-refractivity contribution in [2.75, 3.05) is 26.9 Å². The molecule has 1 saturated heterocycles. The van der Waals surface area contributed by atoms with E-state index in [1.54, 1.807) is 19.2 Å². The van der Waals surface area contributed by atoms with Crippen molar-refractivity contribution in [1.82, 2.24) is 10.6 Å². The smallest absolute Gasteiger partial charge is 0.309 e. The number of nitrogens with one attached hydrogen (secondary N) is 2. The van der Waals surface area contributed by atoms with Gasteiger partial charge in [-0.15, -0.1) is 0 Å². The first-order chi connectivity index (χ1) is 14.0. The minimum absolute atomic E-state index is 0.151. The fourth-order valence-electron chi connectivity index (χ4n) is 3.58. The Kier molecular flexibility index (Phi) is 6.82. The van der Waals surface area contributed by atoms with Crippen LogP contribution in [0.15, 0.2) is 48.5 Å². The molecule has 2 aromatic rings. The maximum absolute atomic E-state index is 13.0. The van der Waals surface area contributed by atoms with Gasteiger partial charge in [0.15, 0.2) is 0 Å². The summed E-state index contributed by atoms with van der Waals surface area (Å²) in [4.78, 5) is 24.5. The predicted octanol–water partition coefficient (Wildman–Crippen LogP) is 2.32. The van der Waals surface area contributed by atoms with Gasteiger partial charge in [-0.2, -0.15) is 0 Å². The minimum atomic E-state index is -0.725. The van der Waals surface area contributed by atoms with Gasteiger partial charge in [-0.05, 0) is 36.6 Å². The van der Waals surface area contributed by atoms with Crippen LogP contribution in [0.1, 0.15) is 24.0 Å². The second-order valence-electron chi connectivity index (χ2n) is 7.08. The highest BCUT2D eigenvalue weighted by molar-refractivity contribution is 6.35. The lowest BCUT2D eigenvalue weighted by Gasteiger charge is -2.38. The normalized spacial score (nSPS) is 15.4. The van der Waals surface area contributed by atoms with E-state index in [2.05, 4.69) is 10.6 Å². The van der Waals surface area contributed by atoms with Crippen LogP contribution < -0.4 is 15.4 Å². The van der Waals surface area contributed by atoms with Gasteiger partial charge in [0.05, 0.1) is 7.11 Å². The van der Waals surface area contributed by atoms with Crippen molar-refractivity contribution in [3.8, 4) is 5.75 Å². The van der Waals surface area contributed by atoms with Gasteiger partial charge in [-0.3, -0.25) is 9.59 Å². The third-order valence-electron chi connectivity index (χ3n) is 5.29. The van der Waals surface area contributed by atoms with Gasteiger partial charge in [0, 0.05) is 37.3 Å². The van der Waals surface area contributed by atoms with Crippen LogP contribution in [0.2, 0.25) is 0 Å². The monoisotopic (exact) mass is 400 g/mol. The van der Waals surface area contributed by atoms with Crippen molar-refractivity contribution < 1.29 is 23.5 Å². The number of hydrogen-bond donors (Lipinski definition) is 2. The Labute approximate surface area is 169 Å². The average molecular weight is 400 g/mol. The summed E-state index contributed by atoms with van der Waals surface area (Å²) in [5.74, 6) is -1.02. The predicted molar refractivity (Wildman–Crippen MR) is 106 cm³/mol. The molecular formula is C22H25FN2O4. The van der Waals surface area contributed by atoms with Gasteiger partial charge in [0.25, 0.3) is 0 Å². The number of methoxy groups -OCH3 is 1. The van der Waals surface area contributed by atoms with Gasteiger partial charge in [0.1, 0.15) is 11.6 Å². The Balaban J connectivity index is 1.63. The molecule has 6 nitrogen and oxygen atoms in total. The molecule has 3 rings (SSSR count). The van der Waals surface area contributed by atoms with E-state index in [1.807, 2.05) is 24.3 Å². The molecule has 29 heavy (non-hydrogen) atoms. The zero-order valence-corrected chi connectivity index (χ0v) is 16.4. The van der Waals surface area contributed by atoms with Crippen molar-refractivity contribution in [2.45, 2.75) is 24.8 Å². The second-order valence-corrected chi connectivity index (χ2v) is 7.08. The van der Waals surface area contributed by atoms with E-state index in [1.165, 1.54) is 12.1 Å². The van der Waals surface area contributed by atoms with Crippen LogP contribution in [0.5, 0.6) is 5.75 Å². The molecule has 1 heterocycles. The molecule has 0 aromatic heterocycles. The number of carbonyl (C=O) groups is 2. The van der Waals surface area contributed by atoms with E-state index in [4.69, 9.17) is 9.47 Å². The van der Waals surface area contributed by atoms with Crippen LogP contribution in [-0.4, -0.2) is 38.7 Å². The molecule has 1 aliphatic heterocycles. The number of ether oxygens (including phenoxy) is 2. The molecule has 2 N–H and O–H groups in total. The summed E-state index contributed by atoms with van der Waals surface area (Å²) in [6.07, 6.45) is 1.43. The third-order valence-corrected chi connectivity index (χ3v) is 5.29. The van der Waals surface area contributed by atoms with Gasteiger partial charge < -0.3 is 20.1 Å². The van der Waals surface area contributed by atoms with E-state index in [0.717, 1.165) is 11.3 Å². The zero-order chi connectivity index (χ0) is 20.7. The topological polar surface area (TPSA) is 76.7 Å². The van der Waals surface area contributed by atoms with E-state index < -0.39 is 11.8 Å².